The maximum atomic E-state index is 6.02. The standard InChI is InChI=1S/C22H34N2O3.ClH/c1-2-20(22-16-26-13-10-23-22)21(3-1)24-14-17-4-6-18(7-5-17)15-27-19-8-11-25-12-9-19;/h4-7,19-24H,1-3,8-16H2;1H. The smallest absolute Gasteiger partial charge is 0.0720 e. The molecule has 158 valence electrons. The number of hydrogen-bond acceptors (Lipinski definition) is 5. The van der Waals surface area contributed by atoms with Crippen molar-refractivity contribution >= 4 is 12.4 Å². The Balaban J connectivity index is 0.00000225. The van der Waals surface area contributed by atoms with Gasteiger partial charge in [0, 0.05) is 38.4 Å². The molecule has 2 heterocycles. The van der Waals surface area contributed by atoms with Crippen molar-refractivity contribution in [3.8, 4) is 0 Å². The quantitative estimate of drug-likeness (QED) is 0.723. The van der Waals surface area contributed by atoms with Crippen LogP contribution in [0.5, 0.6) is 0 Å². The van der Waals surface area contributed by atoms with Crippen LogP contribution >= 0.6 is 12.4 Å². The first-order valence-electron chi connectivity index (χ1n) is 10.7. The molecule has 3 fully saturated rings. The van der Waals surface area contributed by atoms with E-state index in [0.717, 1.165) is 52.4 Å². The van der Waals surface area contributed by atoms with E-state index in [2.05, 4.69) is 34.9 Å². The molecule has 28 heavy (non-hydrogen) atoms. The Labute approximate surface area is 175 Å². The third-order valence-electron chi connectivity index (χ3n) is 6.28. The van der Waals surface area contributed by atoms with Crippen LogP contribution in [0.25, 0.3) is 0 Å². The van der Waals surface area contributed by atoms with E-state index in [1.807, 2.05) is 0 Å². The van der Waals surface area contributed by atoms with E-state index in [1.165, 1.54) is 30.4 Å². The van der Waals surface area contributed by atoms with Crippen molar-refractivity contribution in [2.24, 2.45) is 5.92 Å². The molecule has 5 nitrogen and oxygen atoms in total. The van der Waals surface area contributed by atoms with Crippen molar-refractivity contribution in [3.63, 3.8) is 0 Å². The molecule has 0 aromatic heterocycles. The molecule has 0 bridgehead atoms. The Kier molecular flexibility index (Phi) is 9.03. The number of benzene rings is 1. The van der Waals surface area contributed by atoms with Gasteiger partial charge in [-0.25, -0.2) is 0 Å². The molecule has 3 atom stereocenters. The van der Waals surface area contributed by atoms with Crippen molar-refractivity contribution < 1.29 is 14.2 Å². The molecule has 1 aromatic rings. The van der Waals surface area contributed by atoms with Crippen molar-refractivity contribution in [2.75, 3.05) is 33.0 Å². The highest BCUT2D eigenvalue weighted by Crippen LogP contribution is 2.29. The lowest BCUT2D eigenvalue weighted by Gasteiger charge is -2.33. The van der Waals surface area contributed by atoms with E-state index in [1.54, 1.807) is 0 Å². The third kappa shape index (κ3) is 6.15. The summed E-state index contributed by atoms with van der Waals surface area (Å²) in [5, 5.41) is 7.46. The Bertz CT molecular complexity index is 559. The molecule has 2 saturated heterocycles. The molecule has 3 aliphatic rings. The minimum atomic E-state index is 0. The summed E-state index contributed by atoms with van der Waals surface area (Å²) in [6.45, 7) is 6.02. The van der Waals surface area contributed by atoms with E-state index in [0.29, 0.717) is 30.7 Å². The van der Waals surface area contributed by atoms with Gasteiger partial charge in [-0.1, -0.05) is 30.7 Å². The Morgan fingerprint density at radius 2 is 1.75 bits per heavy atom. The molecule has 6 heteroatoms. The number of nitrogens with one attached hydrogen (secondary N) is 2. The Morgan fingerprint density at radius 3 is 2.50 bits per heavy atom. The van der Waals surface area contributed by atoms with Gasteiger partial charge in [0.05, 0.1) is 25.9 Å². The second kappa shape index (κ2) is 11.5. The largest absolute Gasteiger partial charge is 0.381 e. The van der Waals surface area contributed by atoms with Gasteiger partial charge in [-0.3, -0.25) is 0 Å². The molecule has 2 N–H and O–H groups in total. The average molecular weight is 411 g/mol. The third-order valence-corrected chi connectivity index (χ3v) is 6.28. The maximum absolute atomic E-state index is 6.02. The number of hydrogen-bond donors (Lipinski definition) is 2. The summed E-state index contributed by atoms with van der Waals surface area (Å²) in [5.74, 6) is 0.692. The molecular formula is C22H35ClN2O3. The number of halogens is 1. The van der Waals surface area contributed by atoms with Crippen LogP contribution in [0, 0.1) is 5.92 Å². The van der Waals surface area contributed by atoms with Gasteiger partial charge in [-0.05, 0) is 42.7 Å². The fourth-order valence-corrected chi connectivity index (χ4v) is 4.64. The van der Waals surface area contributed by atoms with Gasteiger partial charge < -0.3 is 24.8 Å². The predicted molar refractivity (Wildman–Crippen MR) is 113 cm³/mol. The van der Waals surface area contributed by atoms with Gasteiger partial charge in [0.25, 0.3) is 0 Å². The molecule has 2 aliphatic heterocycles. The lowest BCUT2D eigenvalue weighted by Crippen LogP contribution is -2.50. The van der Waals surface area contributed by atoms with Crippen molar-refractivity contribution in [2.45, 2.75) is 63.4 Å². The van der Waals surface area contributed by atoms with Crippen LogP contribution in [0.3, 0.4) is 0 Å². The molecule has 3 unspecified atom stereocenters. The highest BCUT2D eigenvalue weighted by atomic mass is 35.5. The second-order valence-corrected chi connectivity index (χ2v) is 8.16. The Morgan fingerprint density at radius 1 is 0.964 bits per heavy atom. The zero-order chi connectivity index (χ0) is 18.3. The SMILES string of the molecule is Cl.c1cc(COC2CCOCC2)ccc1CNC1CCCC1C1COCCN1. The van der Waals surface area contributed by atoms with Gasteiger partial charge in [0.1, 0.15) is 0 Å². The van der Waals surface area contributed by atoms with Gasteiger partial charge >= 0.3 is 0 Å². The van der Waals surface area contributed by atoms with Crippen LogP contribution in [0.2, 0.25) is 0 Å². The highest BCUT2D eigenvalue weighted by Gasteiger charge is 2.34. The normalized spacial score (nSPS) is 28.8. The summed E-state index contributed by atoms with van der Waals surface area (Å²) in [5.41, 5.74) is 2.61. The zero-order valence-corrected chi connectivity index (χ0v) is 17.6. The molecule has 0 amide bonds. The first-order valence-corrected chi connectivity index (χ1v) is 10.7. The maximum Gasteiger partial charge on any atom is 0.0720 e. The molecule has 1 aliphatic carbocycles. The molecule has 1 saturated carbocycles. The van der Waals surface area contributed by atoms with E-state index >= 15 is 0 Å². The fourth-order valence-electron chi connectivity index (χ4n) is 4.64. The Hall–Kier alpha value is -0.690. The van der Waals surface area contributed by atoms with Crippen LogP contribution in [0.1, 0.15) is 43.2 Å². The van der Waals surface area contributed by atoms with Crippen molar-refractivity contribution in [1.82, 2.24) is 10.6 Å². The minimum absolute atomic E-state index is 0. The first-order chi connectivity index (χ1) is 13.4. The zero-order valence-electron chi connectivity index (χ0n) is 16.7. The molecular weight excluding hydrogens is 376 g/mol. The number of morpholine rings is 1. The topological polar surface area (TPSA) is 51.8 Å². The van der Waals surface area contributed by atoms with E-state index in [4.69, 9.17) is 14.2 Å². The molecule has 1 aromatic carbocycles. The first kappa shape index (κ1) is 22.0. The van der Waals surface area contributed by atoms with Crippen LogP contribution in [0.4, 0.5) is 0 Å². The predicted octanol–water partition coefficient (Wildman–Crippen LogP) is 3.05. The van der Waals surface area contributed by atoms with E-state index in [-0.39, 0.29) is 12.4 Å². The molecule has 0 radical (unpaired) electrons. The summed E-state index contributed by atoms with van der Waals surface area (Å²) < 4.78 is 17.1. The number of rotatable bonds is 7. The lowest BCUT2D eigenvalue weighted by molar-refractivity contribution is -0.0390. The average Bonchev–Trinajstić information content (AvgIpc) is 3.21. The molecule has 4 rings (SSSR count). The second-order valence-electron chi connectivity index (χ2n) is 8.16. The van der Waals surface area contributed by atoms with Gasteiger partial charge in [0.15, 0.2) is 0 Å². The summed E-state index contributed by atoms with van der Waals surface area (Å²) >= 11 is 0. The van der Waals surface area contributed by atoms with Crippen LogP contribution < -0.4 is 10.6 Å². The fraction of sp³-hybridized carbons (Fsp3) is 0.727. The van der Waals surface area contributed by atoms with Gasteiger partial charge in [-0.15, -0.1) is 12.4 Å². The van der Waals surface area contributed by atoms with E-state index in [9.17, 15) is 0 Å². The van der Waals surface area contributed by atoms with Crippen LogP contribution in [0.15, 0.2) is 24.3 Å². The van der Waals surface area contributed by atoms with Crippen LogP contribution in [-0.2, 0) is 27.4 Å². The number of ether oxygens (including phenoxy) is 3. The summed E-state index contributed by atoms with van der Waals surface area (Å²) in [6.07, 6.45) is 6.30. The minimum Gasteiger partial charge on any atom is -0.381 e. The highest BCUT2D eigenvalue weighted by molar-refractivity contribution is 5.85. The molecule has 0 spiro atoms. The summed E-state index contributed by atoms with van der Waals surface area (Å²) in [6, 6.07) is 10.0. The van der Waals surface area contributed by atoms with Crippen molar-refractivity contribution in [3.05, 3.63) is 35.4 Å². The van der Waals surface area contributed by atoms with Crippen LogP contribution in [-0.4, -0.2) is 51.2 Å². The van der Waals surface area contributed by atoms with Gasteiger partial charge in [0.2, 0.25) is 0 Å². The van der Waals surface area contributed by atoms with E-state index < -0.39 is 0 Å². The van der Waals surface area contributed by atoms with Crippen molar-refractivity contribution in [1.29, 1.82) is 0 Å². The summed E-state index contributed by atoms with van der Waals surface area (Å²) in [4.78, 5) is 0. The summed E-state index contributed by atoms with van der Waals surface area (Å²) in [7, 11) is 0. The lowest BCUT2D eigenvalue weighted by atomic mass is 9.94. The monoisotopic (exact) mass is 410 g/mol. The van der Waals surface area contributed by atoms with Gasteiger partial charge in [-0.2, -0.15) is 0 Å².